The average molecular weight is 430 g/mol. The lowest BCUT2D eigenvalue weighted by molar-refractivity contribution is -0.137. The Morgan fingerprint density at radius 3 is 1.53 bits per heavy atom. The Morgan fingerprint density at radius 1 is 0.633 bits per heavy atom. The molecule has 0 unspecified atom stereocenters. The van der Waals surface area contributed by atoms with Crippen LogP contribution in [0.5, 0.6) is 0 Å². The summed E-state index contributed by atoms with van der Waals surface area (Å²) in [5.41, 5.74) is 0. The van der Waals surface area contributed by atoms with E-state index in [1.165, 1.54) is 64.2 Å². The molecule has 0 spiro atoms. The highest BCUT2D eigenvalue weighted by molar-refractivity contribution is 5.75. The SMILES string of the molecule is CCOCCOCCNC(=O)CCCCCCCCCCCCCCCCC(=O)O. The van der Waals surface area contributed by atoms with Gasteiger partial charge in [0.1, 0.15) is 0 Å². The van der Waals surface area contributed by atoms with Crippen molar-refractivity contribution in [3.05, 3.63) is 0 Å². The highest BCUT2D eigenvalue weighted by Gasteiger charge is 2.01. The van der Waals surface area contributed by atoms with Crippen molar-refractivity contribution in [1.82, 2.24) is 5.32 Å². The summed E-state index contributed by atoms with van der Waals surface area (Å²) in [6.07, 6.45) is 17.7. The number of nitrogens with one attached hydrogen (secondary N) is 1. The second-order valence-corrected chi connectivity index (χ2v) is 8.00. The van der Waals surface area contributed by atoms with Gasteiger partial charge in [-0.25, -0.2) is 0 Å². The fourth-order valence-electron chi connectivity index (χ4n) is 3.40. The lowest BCUT2D eigenvalue weighted by atomic mass is 10.0. The van der Waals surface area contributed by atoms with Gasteiger partial charge in [0.05, 0.1) is 19.8 Å². The van der Waals surface area contributed by atoms with Crippen LogP contribution in [-0.2, 0) is 19.1 Å². The fourth-order valence-corrected chi connectivity index (χ4v) is 3.40. The van der Waals surface area contributed by atoms with E-state index in [0.717, 1.165) is 25.7 Å². The number of ether oxygens (including phenoxy) is 2. The minimum Gasteiger partial charge on any atom is -0.481 e. The third-order valence-corrected chi connectivity index (χ3v) is 5.19. The first-order chi connectivity index (χ1) is 14.7. The van der Waals surface area contributed by atoms with Crippen molar-refractivity contribution < 1.29 is 24.2 Å². The lowest BCUT2D eigenvalue weighted by Crippen LogP contribution is -2.27. The maximum Gasteiger partial charge on any atom is 0.303 e. The summed E-state index contributed by atoms with van der Waals surface area (Å²) in [7, 11) is 0. The van der Waals surface area contributed by atoms with E-state index >= 15 is 0 Å². The zero-order chi connectivity index (χ0) is 22.1. The Bertz CT molecular complexity index is 390. The highest BCUT2D eigenvalue weighted by atomic mass is 16.5. The van der Waals surface area contributed by atoms with Gasteiger partial charge in [-0.1, -0.05) is 77.0 Å². The summed E-state index contributed by atoms with van der Waals surface area (Å²) in [5.74, 6) is -0.545. The minimum absolute atomic E-state index is 0.130. The van der Waals surface area contributed by atoms with E-state index < -0.39 is 5.97 Å². The Hall–Kier alpha value is -1.14. The van der Waals surface area contributed by atoms with Crippen LogP contribution < -0.4 is 5.32 Å². The maximum atomic E-state index is 11.7. The third kappa shape index (κ3) is 24.9. The van der Waals surface area contributed by atoms with Gasteiger partial charge < -0.3 is 19.9 Å². The topological polar surface area (TPSA) is 84.9 Å². The van der Waals surface area contributed by atoms with Crippen molar-refractivity contribution in [2.45, 2.75) is 110 Å². The van der Waals surface area contributed by atoms with Gasteiger partial charge >= 0.3 is 5.97 Å². The number of carbonyl (C=O) groups is 2. The molecule has 178 valence electrons. The zero-order valence-corrected chi connectivity index (χ0v) is 19.4. The number of hydrogen-bond acceptors (Lipinski definition) is 4. The number of unbranched alkanes of at least 4 members (excludes halogenated alkanes) is 13. The predicted octanol–water partition coefficient (Wildman–Crippen LogP) is 5.48. The maximum absolute atomic E-state index is 11.7. The van der Waals surface area contributed by atoms with E-state index in [9.17, 15) is 9.59 Å². The first kappa shape index (κ1) is 28.9. The Morgan fingerprint density at radius 2 is 1.07 bits per heavy atom. The number of rotatable bonds is 24. The first-order valence-corrected chi connectivity index (χ1v) is 12.3. The smallest absolute Gasteiger partial charge is 0.303 e. The van der Waals surface area contributed by atoms with E-state index in [1.807, 2.05) is 6.92 Å². The molecule has 6 nitrogen and oxygen atoms in total. The van der Waals surface area contributed by atoms with Crippen molar-refractivity contribution in [3.63, 3.8) is 0 Å². The quantitative estimate of drug-likeness (QED) is 0.198. The summed E-state index contributed by atoms with van der Waals surface area (Å²) in [6.45, 7) is 4.99. The Balaban J connectivity index is 3.13. The summed E-state index contributed by atoms with van der Waals surface area (Å²) < 4.78 is 10.5. The number of hydrogen-bond donors (Lipinski definition) is 2. The van der Waals surface area contributed by atoms with E-state index in [0.29, 0.717) is 45.8 Å². The van der Waals surface area contributed by atoms with Crippen LogP contribution >= 0.6 is 0 Å². The monoisotopic (exact) mass is 429 g/mol. The van der Waals surface area contributed by atoms with E-state index in [2.05, 4.69) is 5.32 Å². The number of carboxylic acids is 1. The molecule has 6 heteroatoms. The second-order valence-electron chi connectivity index (χ2n) is 8.00. The molecule has 0 fully saturated rings. The molecule has 0 aliphatic heterocycles. The molecule has 0 aliphatic rings. The fraction of sp³-hybridized carbons (Fsp3) is 0.917. The van der Waals surface area contributed by atoms with Crippen molar-refractivity contribution in [2.24, 2.45) is 0 Å². The molecule has 0 rings (SSSR count). The van der Waals surface area contributed by atoms with E-state index in [-0.39, 0.29) is 5.91 Å². The Labute approximate surface area is 184 Å². The minimum atomic E-state index is -0.675. The second kappa shape index (κ2) is 24.1. The molecule has 0 heterocycles. The van der Waals surface area contributed by atoms with Gasteiger partial charge in [-0.15, -0.1) is 0 Å². The van der Waals surface area contributed by atoms with Crippen molar-refractivity contribution in [1.29, 1.82) is 0 Å². The third-order valence-electron chi connectivity index (χ3n) is 5.19. The van der Waals surface area contributed by atoms with Crippen molar-refractivity contribution in [3.8, 4) is 0 Å². The highest BCUT2D eigenvalue weighted by Crippen LogP contribution is 2.13. The average Bonchev–Trinajstić information content (AvgIpc) is 2.72. The molecular weight excluding hydrogens is 382 g/mol. The molecule has 0 bridgehead atoms. The molecule has 0 saturated carbocycles. The molecule has 0 atom stereocenters. The van der Waals surface area contributed by atoms with Crippen LogP contribution in [0.1, 0.15) is 110 Å². The normalized spacial score (nSPS) is 11.0. The van der Waals surface area contributed by atoms with Crippen LogP contribution in [0.4, 0.5) is 0 Å². The number of amides is 1. The number of carbonyl (C=O) groups excluding carboxylic acids is 1. The van der Waals surface area contributed by atoms with E-state index in [1.54, 1.807) is 0 Å². The molecule has 0 aromatic heterocycles. The zero-order valence-electron chi connectivity index (χ0n) is 19.4. The number of aliphatic carboxylic acids is 1. The van der Waals surface area contributed by atoms with Gasteiger partial charge in [0.25, 0.3) is 0 Å². The standard InChI is InChI=1S/C24H47NO5/c1-2-29-21-22-30-20-19-25-23(26)17-15-13-11-9-7-5-3-4-6-8-10-12-14-16-18-24(27)28/h2-22H2,1H3,(H,25,26)(H,27,28). The molecule has 0 radical (unpaired) electrons. The summed E-state index contributed by atoms with van der Waals surface area (Å²) in [6, 6.07) is 0. The lowest BCUT2D eigenvalue weighted by Gasteiger charge is -2.07. The first-order valence-electron chi connectivity index (χ1n) is 12.3. The molecule has 2 N–H and O–H groups in total. The summed E-state index contributed by atoms with van der Waals surface area (Å²) >= 11 is 0. The van der Waals surface area contributed by atoms with Crippen LogP contribution in [-0.4, -0.2) is 50.0 Å². The Kier molecular flexibility index (Phi) is 23.2. The molecule has 1 amide bonds. The van der Waals surface area contributed by atoms with Crippen molar-refractivity contribution in [2.75, 3.05) is 33.0 Å². The van der Waals surface area contributed by atoms with Crippen LogP contribution in [0.3, 0.4) is 0 Å². The van der Waals surface area contributed by atoms with Crippen molar-refractivity contribution >= 4 is 11.9 Å². The van der Waals surface area contributed by atoms with E-state index in [4.69, 9.17) is 14.6 Å². The molecule has 0 aromatic rings. The predicted molar refractivity (Wildman–Crippen MR) is 122 cm³/mol. The molecule has 0 aromatic carbocycles. The van der Waals surface area contributed by atoms with Crippen LogP contribution in [0.15, 0.2) is 0 Å². The van der Waals surface area contributed by atoms with Gasteiger partial charge in [0.2, 0.25) is 5.91 Å². The van der Waals surface area contributed by atoms with Crippen LogP contribution in [0, 0.1) is 0 Å². The molecule has 0 saturated heterocycles. The van der Waals surface area contributed by atoms with Gasteiger partial charge in [0.15, 0.2) is 0 Å². The van der Waals surface area contributed by atoms with Gasteiger partial charge in [-0.2, -0.15) is 0 Å². The molecule has 0 aliphatic carbocycles. The summed E-state index contributed by atoms with van der Waals surface area (Å²) in [5, 5.41) is 11.5. The molecular formula is C24H47NO5. The van der Waals surface area contributed by atoms with Gasteiger partial charge in [0, 0.05) is 26.0 Å². The largest absolute Gasteiger partial charge is 0.481 e. The van der Waals surface area contributed by atoms with Crippen LogP contribution in [0.2, 0.25) is 0 Å². The van der Waals surface area contributed by atoms with Crippen LogP contribution in [0.25, 0.3) is 0 Å². The summed E-state index contributed by atoms with van der Waals surface area (Å²) in [4.78, 5) is 22.1. The molecule has 30 heavy (non-hydrogen) atoms. The van der Waals surface area contributed by atoms with Gasteiger partial charge in [-0.05, 0) is 19.8 Å². The van der Waals surface area contributed by atoms with Gasteiger partial charge in [-0.3, -0.25) is 9.59 Å². The number of carboxylic acid groups (broad SMARTS) is 1.